The van der Waals surface area contributed by atoms with E-state index in [1.54, 1.807) is 0 Å². The molecule has 1 N–H and O–H groups in total. The second-order valence-corrected chi connectivity index (χ2v) is 7.71. The normalized spacial score (nSPS) is 16.5. The summed E-state index contributed by atoms with van der Waals surface area (Å²) in [7, 11) is 0. The standard InChI is InChI=1S/C19H31N3O/c1-6-21-9-11-22(12-10-21)16-7-8-17(15(2)13-16)20-18(23)14-19(3,4)5/h7-8,13H,6,9-12,14H2,1-5H3,(H,20,23). The number of anilines is 2. The van der Waals surface area contributed by atoms with Gasteiger partial charge in [-0.25, -0.2) is 0 Å². The molecule has 0 saturated carbocycles. The summed E-state index contributed by atoms with van der Waals surface area (Å²) in [4.78, 5) is 17.0. The summed E-state index contributed by atoms with van der Waals surface area (Å²) < 4.78 is 0. The highest BCUT2D eigenvalue weighted by Gasteiger charge is 2.18. The van der Waals surface area contributed by atoms with E-state index in [9.17, 15) is 4.79 Å². The molecule has 2 rings (SSSR count). The maximum atomic E-state index is 12.1. The first-order valence-corrected chi connectivity index (χ1v) is 8.66. The number of hydrogen-bond acceptors (Lipinski definition) is 3. The third kappa shape index (κ3) is 5.24. The van der Waals surface area contributed by atoms with E-state index in [-0.39, 0.29) is 11.3 Å². The number of likely N-dealkylation sites (N-methyl/N-ethyl adjacent to an activating group) is 1. The van der Waals surface area contributed by atoms with Crippen LogP contribution in [0.15, 0.2) is 18.2 Å². The van der Waals surface area contributed by atoms with E-state index >= 15 is 0 Å². The van der Waals surface area contributed by atoms with Gasteiger partial charge in [-0.3, -0.25) is 4.79 Å². The molecule has 0 aromatic heterocycles. The van der Waals surface area contributed by atoms with Crippen LogP contribution in [0, 0.1) is 12.3 Å². The Labute approximate surface area is 140 Å². The second-order valence-electron chi connectivity index (χ2n) is 7.71. The van der Waals surface area contributed by atoms with Crippen LogP contribution in [0.3, 0.4) is 0 Å². The molecule has 23 heavy (non-hydrogen) atoms. The summed E-state index contributed by atoms with van der Waals surface area (Å²) in [6.45, 7) is 16.1. The van der Waals surface area contributed by atoms with Gasteiger partial charge < -0.3 is 15.1 Å². The third-order valence-electron chi connectivity index (χ3n) is 4.36. The number of hydrogen-bond donors (Lipinski definition) is 1. The van der Waals surface area contributed by atoms with Crippen LogP contribution in [-0.4, -0.2) is 43.5 Å². The van der Waals surface area contributed by atoms with Gasteiger partial charge in [0.1, 0.15) is 0 Å². The molecule has 0 radical (unpaired) electrons. The highest BCUT2D eigenvalue weighted by atomic mass is 16.1. The lowest BCUT2D eigenvalue weighted by molar-refractivity contribution is -0.117. The fraction of sp³-hybridized carbons (Fsp3) is 0.632. The van der Waals surface area contributed by atoms with E-state index in [1.165, 1.54) is 5.69 Å². The molecule has 1 aliphatic rings. The number of piperazine rings is 1. The molecule has 1 aromatic rings. The smallest absolute Gasteiger partial charge is 0.224 e. The first-order chi connectivity index (χ1) is 10.8. The summed E-state index contributed by atoms with van der Waals surface area (Å²) in [5, 5.41) is 3.05. The lowest BCUT2D eigenvalue weighted by Gasteiger charge is -2.35. The summed E-state index contributed by atoms with van der Waals surface area (Å²) in [5.41, 5.74) is 3.32. The van der Waals surface area contributed by atoms with E-state index < -0.39 is 0 Å². The van der Waals surface area contributed by atoms with E-state index in [0.717, 1.165) is 44.0 Å². The Morgan fingerprint density at radius 3 is 2.35 bits per heavy atom. The number of carbonyl (C=O) groups excluding carboxylic acids is 1. The molecule has 128 valence electrons. The van der Waals surface area contributed by atoms with Crippen molar-refractivity contribution in [1.29, 1.82) is 0 Å². The maximum absolute atomic E-state index is 12.1. The minimum Gasteiger partial charge on any atom is -0.369 e. The zero-order valence-electron chi connectivity index (χ0n) is 15.3. The van der Waals surface area contributed by atoms with Crippen LogP contribution in [0.2, 0.25) is 0 Å². The zero-order chi connectivity index (χ0) is 17.0. The molecule has 1 aromatic carbocycles. The third-order valence-corrected chi connectivity index (χ3v) is 4.36. The Bertz CT molecular complexity index is 540. The van der Waals surface area contributed by atoms with Gasteiger partial charge in [0.2, 0.25) is 5.91 Å². The van der Waals surface area contributed by atoms with E-state index in [4.69, 9.17) is 0 Å². The fourth-order valence-corrected chi connectivity index (χ4v) is 2.98. The molecule has 4 heteroatoms. The minimum absolute atomic E-state index is 0.0108. The molecule has 1 saturated heterocycles. The molecule has 1 heterocycles. The summed E-state index contributed by atoms with van der Waals surface area (Å²) in [6, 6.07) is 6.35. The number of benzene rings is 1. The minimum atomic E-state index is 0.0108. The number of nitrogens with one attached hydrogen (secondary N) is 1. The summed E-state index contributed by atoms with van der Waals surface area (Å²) >= 11 is 0. The fourth-order valence-electron chi connectivity index (χ4n) is 2.98. The van der Waals surface area contributed by atoms with Gasteiger partial charge in [-0.15, -0.1) is 0 Å². The van der Waals surface area contributed by atoms with Crippen molar-refractivity contribution >= 4 is 17.3 Å². The number of amides is 1. The molecule has 1 aliphatic heterocycles. The largest absolute Gasteiger partial charge is 0.369 e. The molecule has 1 amide bonds. The monoisotopic (exact) mass is 317 g/mol. The van der Waals surface area contributed by atoms with Gasteiger partial charge in [-0.1, -0.05) is 27.7 Å². The Hall–Kier alpha value is -1.55. The van der Waals surface area contributed by atoms with Gasteiger partial charge in [0, 0.05) is 44.0 Å². The van der Waals surface area contributed by atoms with Crippen molar-refractivity contribution in [2.75, 3.05) is 42.9 Å². The van der Waals surface area contributed by atoms with Gasteiger partial charge >= 0.3 is 0 Å². The molecule has 0 aliphatic carbocycles. The number of rotatable bonds is 4. The van der Waals surface area contributed by atoms with Gasteiger partial charge in [0.05, 0.1) is 0 Å². The summed E-state index contributed by atoms with van der Waals surface area (Å²) in [5.74, 6) is 0.0879. The van der Waals surface area contributed by atoms with Crippen LogP contribution in [0.1, 0.15) is 39.7 Å². The van der Waals surface area contributed by atoms with Crippen molar-refractivity contribution in [3.05, 3.63) is 23.8 Å². The van der Waals surface area contributed by atoms with Gasteiger partial charge in [-0.2, -0.15) is 0 Å². The molecular formula is C19H31N3O. The lowest BCUT2D eigenvalue weighted by atomic mass is 9.92. The first kappa shape index (κ1) is 17.8. The number of carbonyl (C=O) groups is 1. The van der Waals surface area contributed by atoms with Crippen LogP contribution in [0.25, 0.3) is 0 Å². The molecule has 0 spiro atoms. The average Bonchev–Trinajstić information content (AvgIpc) is 2.47. The van der Waals surface area contributed by atoms with Crippen LogP contribution in [0.5, 0.6) is 0 Å². The highest BCUT2D eigenvalue weighted by Crippen LogP contribution is 2.25. The molecule has 1 fully saturated rings. The molecule has 0 atom stereocenters. The molecule has 0 unspecified atom stereocenters. The Kier molecular flexibility index (Phi) is 5.69. The SMILES string of the molecule is CCN1CCN(c2ccc(NC(=O)CC(C)(C)C)c(C)c2)CC1. The van der Waals surface area contributed by atoms with Crippen molar-refractivity contribution < 1.29 is 4.79 Å². The molecule has 4 nitrogen and oxygen atoms in total. The van der Waals surface area contributed by atoms with Crippen LogP contribution >= 0.6 is 0 Å². The van der Waals surface area contributed by atoms with Crippen molar-refractivity contribution in [2.24, 2.45) is 5.41 Å². The molecular weight excluding hydrogens is 286 g/mol. The van der Waals surface area contributed by atoms with Crippen LogP contribution < -0.4 is 10.2 Å². The van der Waals surface area contributed by atoms with Gasteiger partial charge in [-0.05, 0) is 42.6 Å². The predicted octanol–water partition coefficient (Wildman–Crippen LogP) is 3.51. The lowest BCUT2D eigenvalue weighted by Crippen LogP contribution is -2.46. The quantitative estimate of drug-likeness (QED) is 0.923. The van der Waals surface area contributed by atoms with Crippen molar-refractivity contribution in [2.45, 2.75) is 41.0 Å². The first-order valence-electron chi connectivity index (χ1n) is 8.66. The van der Waals surface area contributed by atoms with Crippen molar-refractivity contribution in [1.82, 2.24) is 4.90 Å². The van der Waals surface area contributed by atoms with E-state index in [0.29, 0.717) is 6.42 Å². The van der Waals surface area contributed by atoms with E-state index in [2.05, 4.69) is 61.9 Å². The van der Waals surface area contributed by atoms with Crippen LogP contribution in [-0.2, 0) is 4.79 Å². The van der Waals surface area contributed by atoms with Crippen molar-refractivity contribution in [3.63, 3.8) is 0 Å². The predicted molar refractivity (Wildman–Crippen MR) is 98.2 cm³/mol. The number of aryl methyl sites for hydroxylation is 1. The number of nitrogens with zero attached hydrogens (tertiary/aromatic N) is 2. The van der Waals surface area contributed by atoms with Gasteiger partial charge in [0.25, 0.3) is 0 Å². The topological polar surface area (TPSA) is 35.6 Å². The Balaban J connectivity index is 1.99. The second kappa shape index (κ2) is 7.35. The van der Waals surface area contributed by atoms with E-state index in [1.807, 2.05) is 6.07 Å². The Morgan fingerprint density at radius 2 is 1.83 bits per heavy atom. The zero-order valence-corrected chi connectivity index (χ0v) is 15.3. The maximum Gasteiger partial charge on any atom is 0.224 e. The van der Waals surface area contributed by atoms with Crippen LogP contribution in [0.4, 0.5) is 11.4 Å². The molecule has 0 bridgehead atoms. The highest BCUT2D eigenvalue weighted by molar-refractivity contribution is 5.92. The van der Waals surface area contributed by atoms with Crippen molar-refractivity contribution in [3.8, 4) is 0 Å². The summed E-state index contributed by atoms with van der Waals surface area (Å²) in [6.07, 6.45) is 0.535. The van der Waals surface area contributed by atoms with Gasteiger partial charge in [0.15, 0.2) is 0 Å². The Morgan fingerprint density at radius 1 is 1.17 bits per heavy atom. The average molecular weight is 317 g/mol.